The Bertz CT molecular complexity index is 506. The van der Waals surface area contributed by atoms with Gasteiger partial charge in [0.15, 0.2) is 0 Å². The zero-order valence-electron chi connectivity index (χ0n) is 12.6. The Morgan fingerprint density at radius 3 is 3.00 bits per heavy atom. The molecule has 1 rings (SSSR count). The molecule has 0 aliphatic rings. The SMILES string of the molecule is CN(C)CCOCCNC(=O)c1ncccc1C#CCN. The van der Waals surface area contributed by atoms with Gasteiger partial charge in [-0.25, -0.2) is 4.98 Å². The molecule has 0 atom stereocenters. The predicted molar refractivity (Wildman–Crippen MR) is 81.9 cm³/mol. The number of nitrogens with zero attached hydrogens (tertiary/aromatic N) is 2. The standard InChI is InChI=1S/C15H22N4O2/c1-19(2)10-12-21-11-9-18-15(20)14-13(5-3-7-16)6-4-8-17-14/h4,6,8H,7,9-12,16H2,1-2H3,(H,18,20). The molecule has 0 spiro atoms. The van der Waals surface area contributed by atoms with E-state index in [1.54, 1.807) is 18.3 Å². The van der Waals surface area contributed by atoms with Crippen LogP contribution in [0.25, 0.3) is 0 Å². The summed E-state index contributed by atoms with van der Waals surface area (Å²) in [4.78, 5) is 18.1. The Hall–Kier alpha value is -1.94. The molecule has 114 valence electrons. The minimum Gasteiger partial charge on any atom is -0.378 e. The van der Waals surface area contributed by atoms with Gasteiger partial charge >= 0.3 is 0 Å². The van der Waals surface area contributed by atoms with Gasteiger partial charge < -0.3 is 20.7 Å². The number of likely N-dealkylation sites (N-methyl/N-ethyl adjacent to an activating group) is 1. The van der Waals surface area contributed by atoms with Crippen LogP contribution < -0.4 is 11.1 Å². The van der Waals surface area contributed by atoms with Crippen LogP contribution in [0.2, 0.25) is 0 Å². The van der Waals surface area contributed by atoms with E-state index in [0.717, 1.165) is 6.54 Å². The fourth-order valence-electron chi connectivity index (χ4n) is 1.50. The quantitative estimate of drug-likeness (QED) is 0.532. The van der Waals surface area contributed by atoms with Crippen molar-refractivity contribution in [3.05, 3.63) is 29.6 Å². The molecule has 0 unspecified atom stereocenters. The van der Waals surface area contributed by atoms with Gasteiger partial charge in [0.25, 0.3) is 5.91 Å². The molecule has 0 saturated heterocycles. The zero-order chi connectivity index (χ0) is 15.5. The number of hydrogen-bond donors (Lipinski definition) is 2. The van der Waals surface area contributed by atoms with E-state index < -0.39 is 0 Å². The number of carbonyl (C=O) groups excluding carboxylic acids is 1. The first kappa shape index (κ1) is 17.1. The number of nitrogens with one attached hydrogen (secondary N) is 1. The van der Waals surface area contributed by atoms with E-state index >= 15 is 0 Å². The van der Waals surface area contributed by atoms with Crippen LogP contribution in [-0.2, 0) is 4.74 Å². The van der Waals surface area contributed by atoms with Crippen molar-refractivity contribution in [3.8, 4) is 11.8 Å². The molecule has 6 nitrogen and oxygen atoms in total. The minimum atomic E-state index is -0.256. The normalized spacial score (nSPS) is 10.1. The molecule has 0 radical (unpaired) electrons. The molecule has 1 aromatic heterocycles. The van der Waals surface area contributed by atoms with Crippen LogP contribution in [0.15, 0.2) is 18.3 Å². The number of carbonyl (C=O) groups is 1. The van der Waals surface area contributed by atoms with Gasteiger partial charge in [0.05, 0.1) is 25.3 Å². The van der Waals surface area contributed by atoms with Crippen molar-refractivity contribution in [2.45, 2.75) is 0 Å². The molecule has 0 aliphatic heterocycles. The summed E-state index contributed by atoms with van der Waals surface area (Å²) in [6, 6.07) is 3.49. The Morgan fingerprint density at radius 2 is 2.29 bits per heavy atom. The first-order valence-electron chi connectivity index (χ1n) is 6.79. The maximum Gasteiger partial charge on any atom is 0.271 e. The second kappa shape index (κ2) is 9.88. The first-order chi connectivity index (χ1) is 10.1. The van der Waals surface area contributed by atoms with Crippen molar-refractivity contribution in [3.63, 3.8) is 0 Å². The van der Waals surface area contributed by atoms with Crippen LogP contribution >= 0.6 is 0 Å². The summed E-state index contributed by atoms with van der Waals surface area (Å²) in [6.45, 7) is 2.64. The highest BCUT2D eigenvalue weighted by Crippen LogP contribution is 2.03. The second-order valence-corrected chi connectivity index (χ2v) is 4.58. The molecule has 0 aromatic carbocycles. The van der Waals surface area contributed by atoms with Crippen molar-refractivity contribution in [2.24, 2.45) is 5.73 Å². The van der Waals surface area contributed by atoms with Crippen LogP contribution in [-0.4, -0.2) is 62.7 Å². The summed E-state index contributed by atoms with van der Waals surface area (Å²) in [5, 5.41) is 2.76. The highest BCUT2D eigenvalue weighted by molar-refractivity contribution is 5.94. The van der Waals surface area contributed by atoms with Gasteiger partial charge in [0, 0.05) is 19.3 Å². The fraction of sp³-hybridized carbons (Fsp3) is 0.467. The monoisotopic (exact) mass is 290 g/mol. The van der Waals surface area contributed by atoms with Gasteiger partial charge in [0.2, 0.25) is 0 Å². The molecule has 1 amide bonds. The Morgan fingerprint density at radius 1 is 1.48 bits per heavy atom. The number of nitrogens with two attached hydrogens (primary N) is 1. The number of amides is 1. The summed E-state index contributed by atoms with van der Waals surface area (Å²) >= 11 is 0. The van der Waals surface area contributed by atoms with Crippen LogP contribution in [0.3, 0.4) is 0 Å². The van der Waals surface area contributed by atoms with Gasteiger partial charge in [-0.2, -0.15) is 0 Å². The van der Waals surface area contributed by atoms with E-state index in [2.05, 4.69) is 22.1 Å². The predicted octanol–water partition coefficient (Wildman–Crippen LogP) is -0.300. The first-order valence-corrected chi connectivity index (χ1v) is 6.79. The summed E-state index contributed by atoms with van der Waals surface area (Å²) in [5.41, 5.74) is 6.23. The van der Waals surface area contributed by atoms with Crippen molar-refractivity contribution >= 4 is 5.91 Å². The zero-order valence-corrected chi connectivity index (χ0v) is 12.6. The Labute approximate surface area is 125 Å². The lowest BCUT2D eigenvalue weighted by Gasteiger charge is -2.10. The van der Waals surface area contributed by atoms with Gasteiger partial charge in [0.1, 0.15) is 5.69 Å². The molecule has 6 heteroatoms. The summed E-state index contributed by atoms with van der Waals surface area (Å²) < 4.78 is 5.40. The average Bonchev–Trinajstić information content (AvgIpc) is 2.48. The molecule has 0 fully saturated rings. The molecule has 0 saturated carbocycles. The topological polar surface area (TPSA) is 80.5 Å². The smallest absolute Gasteiger partial charge is 0.271 e. The molecular weight excluding hydrogens is 268 g/mol. The Balaban J connectivity index is 2.42. The summed E-state index contributed by atoms with van der Waals surface area (Å²) in [7, 11) is 3.96. The maximum absolute atomic E-state index is 12.0. The molecule has 0 aliphatic carbocycles. The fourth-order valence-corrected chi connectivity index (χ4v) is 1.50. The lowest BCUT2D eigenvalue weighted by Crippen LogP contribution is -2.29. The number of rotatable bonds is 7. The van der Waals surface area contributed by atoms with E-state index in [4.69, 9.17) is 10.5 Å². The lowest BCUT2D eigenvalue weighted by molar-refractivity contribution is 0.0895. The van der Waals surface area contributed by atoms with Crippen molar-refractivity contribution in [2.75, 3.05) is 46.9 Å². The maximum atomic E-state index is 12.0. The molecule has 21 heavy (non-hydrogen) atoms. The van der Waals surface area contributed by atoms with Crippen molar-refractivity contribution in [1.29, 1.82) is 0 Å². The average molecular weight is 290 g/mol. The number of ether oxygens (including phenoxy) is 1. The highest BCUT2D eigenvalue weighted by atomic mass is 16.5. The molecule has 3 N–H and O–H groups in total. The van der Waals surface area contributed by atoms with Gasteiger partial charge in [-0.15, -0.1) is 0 Å². The third-order valence-electron chi connectivity index (χ3n) is 2.56. The third kappa shape index (κ3) is 6.86. The summed E-state index contributed by atoms with van der Waals surface area (Å²) in [5.74, 6) is 5.31. The third-order valence-corrected chi connectivity index (χ3v) is 2.56. The van der Waals surface area contributed by atoms with Gasteiger partial charge in [-0.05, 0) is 26.2 Å². The van der Waals surface area contributed by atoms with Crippen LogP contribution in [0.1, 0.15) is 16.1 Å². The number of hydrogen-bond acceptors (Lipinski definition) is 5. The molecular formula is C15H22N4O2. The Kier molecular flexibility index (Phi) is 8.05. The van der Waals surface area contributed by atoms with E-state index in [1.807, 2.05) is 19.0 Å². The number of pyridine rings is 1. The second-order valence-electron chi connectivity index (χ2n) is 4.58. The molecule has 1 aromatic rings. The van der Waals surface area contributed by atoms with Crippen LogP contribution in [0, 0.1) is 11.8 Å². The number of aromatic nitrogens is 1. The van der Waals surface area contributed by atoms with E-state index in [9.17, 15) is 4.79 Å². The van der Waals surface area contributed by atoms with E-state index in [0.29, 0.717) is 31.0 Å². The lowest BCUT2D eigenvalue weighted by atomic mass is 10.2. The van der Waals surface area contributed by atoms with Crippen LogP contribution in [0.5, 0.6) is 0 Å². The highest BCUT2D eigenvalue weighted by Gasteiger charge is 2.10. The van der Waals surface area contributed by atoms with E-state index in [1.165, 1.54) is 0 Å². The van der Waals surface area contributed by atoms with Crippen LogP contribution in [0.4, 0.5) is 0 Å². The van der Waals surface area contributed by atoms with Gasteiger partial charge in [-0.1, -0.05) is 11.8 Å². The molecule has 0 bridgehead atoms. The molecule has 1 heterocycles. The minimum absolute atomic E-state index is 0.246. The van der Waals surface area contributed by atoms with Gasteiger partial charge in [-0.3, -0.25) is 4.79 Å². The van der Waals surface area contributed by atoms with Crippen molar-refractivity contribution in [1.82, 2.24) is 15.2 Å². The summed E-state index contributed by atoms with van der Waals surface area (Å²) in [6.07, 6.45) is 1.57. The van der Waals surface area contributed by atoms with E-state index in [-0.39, 0.29) is 12.5 Å². The largest absolute Gasteiger partial charge is 0.378 e. The van der Waals surface area contributed by atoms with Crippen molar-refractivity contribution < 1.29 is 9.53 Å².